The van der Waals surface area contributed by atoms with Crippen LogP contribution >= 0.6 is 0 Å². The maximum Gasteiger partial charge on any atom is 0.220 e. The molecule has 1 fully saturated rings. The number of aromatic nitrogens is 2. The van der Waals surface area contributed by atoms with Gasteiger partial charge in [0.2, 0.25) is 5.91 Å². The number of aryl methyl sites for hydroxylation is 1. The largest absolute Gasteiger partial charge is 0.352 e. The van der Waals surface area contributed by atoms with Crippen molar-refractivity contribution in [2.75, 3.05) is 13.1 Å². The van der Waals surface area contributed by atoms with Gasteiger partial charge in [0.25, 0.3) is 0 Å². The van der Waals surface area contributed by atoms with Crippen molar-refractivity contribution in [2.45, 2.75) is 32.7 Å². The van der Waals surface area contributed by atoms with E-state index in [9.17, 15) is 4.79 Å². The molecule has 0 radical (unpaired) electrons. The summed E-state index contributed by atoms with van der Waals surface area (Å²) in [7, 11) is 1.91. The van der Waals surface area contributed by atoms with E-state index in [1.165, 1.54) is 6.42 Å². The zero-order valence-corrected chi connectivity index (χ0v) is 11.2. The minimum absolute atomic E-state index is 0.144. The molecule has 1 aliphatic heterocycles. The van der Waals surface area contributed by atoms with Crippen LogP contribution in [0.3, 0.4) is 0 Å². The van der Waals surface area contributed by atoms with Gasteiger partial charge in [-0.2, -0.15) is 5.10 Å². The van der Waals surface area contributed by atoms with Crippen molar-refractivity contribution in [1.29, 1.82) is 0 Å². The molecular formula is C13H22N4O. The van der Waals surface area contributed by atoms with E-state index >= 15 is 0 Å². The van der Waals surface area contributed by atoms with Gasteiger partial charge in [0.15, 0.2) is 0 Å². The molecule has 1 saturated heterocycles. The van der Waals surface area contributed by atoms with E-state index in [2.05, 4.69) is 15.7 Å². The van der Waals surface area contributed by atoms with E-state index in [1.807, 2.05) is 24.9 Å². The Hall–Kier alpha value is -1.36. The topological polar surface area (TPSA) is 59.0 Å². The minimum Gasteiger partial charge on any atom is -0.352 e. The van der Waals surface area contributed by atoms with Gasteiger partial charge in [0, 0.05) is 31.3 Å². The predicted octanol–water partition coefficient (Wildman–Crippen LogP) is 0.734. The first-order valence-corrected chi connectivity index (χ1v) is 6.61. The first-order chi connectivity index (χ1) is 8.66. The normalized spacial score (nSPS) is 19.1. The Bertz CT molecular complexity index is 407. The van der Waals surface area contributed by atoms with Gasteiger partial charge in [-0.15, -0.1) is 0 Å². The quantitative estimate of drug-likeness (QED) is 0.810. The van der Waals surface area contributed by atoms with Crippen molar-refractivity contribution in [1.82, 2.24) is 20.4 Å². The number of rotatable bonds is 5. The molecule has 5 heteroatoms. The third kappa shape index (κ3) is 3.32. The number of hydrogen-bond acceptors (Lipinski definition) is 3. The summed E-state index contributed by atoms with van der Waals surface area (Å²) in [6, 6.07) is 0. The fourth-order valence-electron chi connectivity index (χ4n) is 2.30. The van der Waals surface area contributed by atoms with Gasteiger partial charge in [0.1, 0.15) is 0 Å². The van der Waals surface area contributed by atoms with Gasteiger partial charge in [-0.05, 0) is 38.8 Å². The molecule has 1 aromatic rings. The number of hydrogen-bond donors (Lipinski definition) is 2. The smallest absolute Gasteiger partial charge is 0.220 e. The Morgan fingerprint density at radius 2 is 2.50 bits per heavy atom. The van der Waals surface area contributed by atoms with Crippen LogP contribution in [-0.4, -0.2) is 28.8 Å². The van der Waals surface area contributed by atoms with Crippen molar-refractivity contribution in [3.8, 4) is 0 Å². The molecule has 1 atom stereocenters. The van der Waals surface area contributed by atoms with E-state index in [4.69, 9.17) is 0 Å². The summed E-state index contributed by atoms with van der Waals surface area (Å²) in [5, 5.41) is 10.4. The van der Waals surface area contributed by atoms with Crippen LogP contribution in [0.5, 0.6) is 0 Å². The summed E-state index contributed by atoms with van der Waals surface area (Å²) in [6.45, 7) is 4.76. The fraction of sp³-hybridized carbons (Fsp3) is 0.692. The maximum absolute atomic E-state index is 11.7. The first-order valence-electron chi connectivity index (χ1n) is 6.61. The molecule has 2 N–H and O–H groups in total. The molecule has 0 aromatic carbocycles. The van der Waals surface area contributed by atoms with Crippen LogP contribution < -0.4 is 10.6 Å². The average Bonchev–Trinajstić information content (AvgIpc) is 2.97. The second-order valence-electron chi connectivity index (χ2n) is 5.05. The second-order valence-corrected chi connectivity index (χ2v) is 5.05. The van der Waals surface area contributed by atoms with Crippen molar-refractivity contribution in [3.05, 3.63) is 17.5 Å². The molecule has 0 saturated carbocycles. The highest BCUT2D eigenvalue weighted by atomic mass is 16.1. The van der Waals surface area contributed by atoms with Gasteiger partial charge in [-0.25, -0.2) is 0 Å². The van der Waals surface area contributed by atoms with E-state index < -0.39 is 0 Å². The van der Waals surface area contributed by atoms with Gasteiger partial charge >= 0.3 is 0 Å². The van der Waals surface area contributed by atoms with E-state index in [-0.39, 0.29) is 5.91 Å². The van der Waals surface area contributed by atoms with Crippen LogP contribution in [0, 0.1) is 12.8 Å². The molecule has 1 amide bonds. The molecular weight excluding hydrogens is 228 g/mol. The van der Waals surface area contributed by atoms with Crippen molar-refractivity contribution in [3.63, 3.8) is 0 Å². The lowest BCUT2D eigenvalue weighted by Crippen LogP contribution is -2.23. The Morgan fingerprint density at radius 3 is 3.11 bits per heavy atom. The van der Waals surface area contributed by atoms with Gasteiger partial charge < -0.3 is 10.6 Å². The highest BCUT2D eigenvalue weighted by Crippen LogP contribution is 2.14. The molecule has 2 heterocycles. The van der Waals surface area contributed by atoms with Crippen molar-refractivity contribution < 1.29 is 4.79 Å². The molecule has 1 aliphatic rings. The number of carbonyl (C=O) groups excluding carboxylic acids is 1. The zero-order chi connectivity index (χ0) is 13.0. The molecule has 5 nitrogen and oxygen atoms in total. The number of carbonyl (C=O) groups is 1. The third-order valence-electron chi connectivity index (χ3n) is 3.75. The average molecular weight is 250 g/mol. The summed E-state index contributed by atoms with van der Waals surface area (Å²) >= 11 is 0. The van der Waals surface area contributed by atoms with Crippen LogP contribution in [0.25, 0.3) is 0 Å². The van der Waals surface area contributed by atoms with Crippen LogP contribution in [0.2, 0.25) is 0 Å². The van der Waals surface area contributed by atoms with Crippen molar-refractivity contribution in [2.24, 2.45) is 13.0 Å². The third-order valence-corrected chi connectivity index (χ3v) is 3.75. The predicted molar refractivity (Wildman–Crippen MR) is 70.0 cm³/mol. The Kier molecular flexibility index (Phi) is 4.36. The van der Waals surface area contributed by atoms with Crippen LogP contribution in [-0.2, 0) is 18.4 Å². The summed E-state index contributed by atoms with van der Waals surface area (Å²) < 4.78 is 1.83. The second kappa shape index (κ2) is 6.00. The Morgan fingerprint density at radius 1 is 1.67 bits per heavy atom. The molecule has 100 valence electrons. The standard InChI is InChI=1S/C13H22N4O/c1-10-12(9-16-17(10)2)8-15-13(18)4-3-11-5-6-14-7-11/h9,11,14H,3-8H2,1-2H3,(H,15,18). The SMILES string of the molecule is Cc1c(CNC(=O)CCC2CCNC2)cnn1C. The molecule has 0 aliphatic carbocycles. The number of nitrogens with one attached hydrogen (secondary N) is 2. The van der Waals surface area contributed by atoms with Crippen molar-refractivity contribution >= 4 is 5.91 Å². The lowest BCUT2D eigenvalue weighted by Gasteiger charge is -2.08. The Balaban J connectivity index is 1.69. The summed E-state index contributed by atoms with van der Waals surface area (Å²) in [5.74, 6) is 0.820. The fourth-order valence-corrected chi connectivity index (χ4v) is 2.30. The summed E-state index contributed by atoms with van der Waals surface area (Å²) in [5.41, 5.74) is 2.20. The molecule has 0 bridgehead atoms. The van der Waals surface area contributed by atoms with E-state index in [0.717, 1.165) is 30.8 Å². The van der Waals surface area contributed by atoms with E-state index in [0.29, 0.717) is 18.9 Å². The monoisotopic (exact) mass is 250 g/mol. The maximum atomic E-state index is 11.7. The Labute approximate surface area is 108 Å². The molecule has 2 rings (SSSR count). The number of nitrogens with zero attached hydrogens (tertiary/aromatic N) is 2. The van der Waals surface area contributed by atoms with Crippen LogP contribution in [0.4, 0.5) is 0 Å². The zero-order valence-electron chi connectivity index (χ0n) is 11.2. The van der Waals surface area contributed by atoms with Crippen LogP contribution in [0.15, 0.2) is 6.20 Å². The highest BCUT2D eigenvalue weighted by molar-refractivity contribution is 5.75. The van der Waals surface area contributed by atoms with Gasteiger partial charge in [0.05, 0.1) is 6.20 Å². The first kappa shape index (κ1) is 13.1. The van der Waals surface area contributed by atoms with Gasteiger partial charge in [-0.1, -0.05) is 0 Å². The highest BCUT2D eigenvalue weighted by Gasteiger charge is 2.15. The molecule has 1 aromatic heterocycles. The molecule has 0 spiro atoms. The van der Waals surface area contributed by atoms with Gasteiger partial charge in [-0.3, -0.25) is 9.48 Å². The van der Waals surface area contributed by atoms with E-state index in [1.54, 1.807) is 0 Å². The molecule has 1 unspecified atom stereocenters. The number of amides is 1. The summed E-state index contributed by atoms with van der Waals surface area (Å²) in [4.78, 5) is 11.7. The van der Waals surface area contributed by atoms with Crippen LogP contribution in [0.1, 0.15) is 30.5 Å². The lowest BCUT2D eigenvalue weighted by atomic mass is 10.0. The molecule has 18 heavy (non-hydrogen) atoms. The lowest BCUT2D eigenvalue weighted by molar-refractivity contribution is -0.121. The summed E-state index contributed by atoms with van der Waals surface area (Å²) in [6.07, 6.45) is 4.64. The minimum atomic E-state index is 0.144.